The molecule has 0 aliphatic heterocycles. The predicted octanol–water partition coefficient (Wildman–Crippen LogP) is 1.76. The molecule has 0 N–H and O–H groups in total. The van der Waals surface area contributed by atoms with Crippen LogP contribution in [0.3, 0.4) is 0 Å². The summed E-state index contributed by atoms with van der Waals surface area (Å²) in [7, 11) is -1.16. The van der Waals surface area contributed by atoms with Gasteiger partial charge >= 0.3 is 0 Å². The van der Waals surface area contributed by atoms with Crippen LogP contribution in [-0.2, 0) is 10.8 Å². The minimum Gasteiger partial charge on any atom is -0.254 e. The van der Waals surface area contributed by atoms with Gasteiger partial charge in [-0.25, -0.2) is 0 Å². The van der Waals surface area contributed by atoms with Gasteiger partial charge in [-0.05, 0) is 12.1 Å². The van der Waals surface area contributed by atoms with Gasteiger partial charge in [-0.15, -0.1) is 0 Å². The molecule has 0 heterocycles. The molecule has 0 aromatic heterocycles. The smallest absolute Gasteiger partial charge is 0.101 e. The average Bonchev–Trinajstić information content (AvgIpc) is 2.07. The lowest BCUT2D eigenvalue weighted by Gasteiger charge is -1.96. The van der Waals surface area contributed by atoms with Crippen molar-refractivity contribution in [3.8, 4) is 0 Å². The third kappa shape index (κ3) is 2.42. The minimum absolute atomic E-state index is 0.101. The maximum absolute atomic E-state index is 11.7. The largest absolute Gasteiger partial charge is 0.254 e. The van der Waals surface area contributed by atoms with Crippen molar-refractivity contribution in [3.05, 3.63) is 30.3 Å². The first-order valence-corrected chi connectivity index (χ1v) is 4.66. The first kappa shape index (κ1) is 8.40. The SMILES string of the molecule is O=S(CCF)c1ccccc1. The van der Waals surface area contributed by atoms with Crippen LogP contribution in [0.2, 0.25) is 0 Å². The Balaban J connectivity index is 2.69. The van der Waals surface area contributed by atoms with Crippen LogP contribution in [0.1, 0.15) is 0 Å². The van der Waals surface area contributed by atoms with Gasteiger partial charge in [0.25, 0.3) is 0 Å². The summed E-state index contributed by atoms with van der Waals surface area (Å²) in [6.45, 7) is -0.526. The predicted molar refractivity (Wildman–Crippen MR) is 43.7 cm³/mol. The molecule has 11 heavy (non-hydrogen) atoms. The maximum Gasteiger partial charge on any atom is 0.101 e. The molecular weight excluding hydrogens is 163 g/mol. The van der Waals surface area contributed by atoms with E-state index in [0.717, 1.165) is 0 Å². The van der Waals surface area contributed by atoms with E-state index in [9.17, 15) is 8.60 Å². The van der Waals surface area contributed by atoms with E-state index >= 15 is 0 Å². The monoisotopic (exact) mass is 172 g/mol. The Labute approximate surface area is 67.7 Å². The van der Waals surface area contributed by atoms with Gasteiger partial charge in [0.2, 0.25) is 0 Å². The van der Waals surface area contributed by atoms with Crippen LogP contribution in [0.5, 0.6) is 0 Å². The van der Waals surface area contributed by atoms with Crippen molar-refractivity contribution in [1.82, 2.24) is 0 Å². The van der Waals surface area contributed by atoms with Crippen LogP contribution in [0, 0.1) is 0 Å². The average molecular weight is 172 g/mol. The van der Waals surface area contributed by atoms with Crippen LogP contribution < -0.4 is 0 Å². The molecule has 0 radical (unpaired) electrons. The third-order valence-corrected chi connectivity index (χ3v) is 2.59. The summed E-state index contributed by atoms with van der Waals surface area (Å²) in [5.41, 5.74) is 0. The molecule has 3 heteroatoms. The molecule has 1 rings (SSSR count). The van der Waals surface area contributed by atoms with Crippen LogP contribution in [0.4, 0.5) is 4.39 Å². The number of hydrogen-bond acceptors (Lipinski definition) is 1. The highest BCUT2D eigenvalue weighted by molar-refractivity contribution is 7.85. The van der Waals surface area contributed by atoms with Crippen molar-refractivity contribution < 1.29 is 8.60 Å². The second-order valence-electron chi connectivity index (χ2n) is 2.05. The zero-order chi connectivity index (χ0) is 8.10. The lowest BCUT2D eigenvalue weighted by atomic mass is 10.4. The molecule has 0 saturated heterocycles. The third-order valence-electron chi connectivity index (χ3n) is 1.27. The van der Waals surface area contributed by atoms with Crippen LogP contribution >= 0.6 is 0 Å². The summed E-state index contributed by atoms with van der Waals surface area (Å²) in [5.74, 6) is 0.101. The van der Waals surface area contributed by atoms with E-state index in [0.29, 0.717) is 4.90 Å². The number of halogens is 1. The second kappa shape index (κ2) is 4.23. The second-order valence-corrected chi connectivity index (χ2v) is 3.62. The fourth-order valence-corrected chi connectivity index (χ4v) is 1.60. The van der Waals surface area contributed by atoms with E-state index in [-0.39, 0.29) is 5.75 Å². The molecule has 1 nitrogen and oxygen atoms in total. The quantitative estimate of drug-likeness (QED) is 0.679. The molecule has 0 aliphatic rings. The molecule has 0 saturated carbocycles. The molecule has 0 spiro atoms. The van der Waals surface area contributed by atoms with Crippen molar-refractivity contribution in [2.45, 2.75) is 4.90 Å². The highest BCUT2D eigenvalue weighted by atomic mass is 32.2. The Morgan fingerprint density at radius 3 is 2.45 bits per heavy atom. The van der Waals surface area contributed by atoms with Crippen LogP contribution in [0.25, 0.3) is 0 Å². The van der Waals surface area contributed by atoms with Gasteiger partial charge in [-0.3, -0.25) is 8.60 Å². The highest BCUT2D eigenvalue weighted by Crippen LogP contribution is 2.04. The van der Waals surface area contributed by atoms with E-state index in [1.54, 1.807) is 24.3 Å². The molecule has 60 valence electrons. The molecule has 1 unspecified atom stereocenters. The van der Waals surface area contributed by atoms with Crippen LogP contribution in [0.15, 0.2) is 35.2 Å². The van der Waals surface area contributed by atoms with Crippen LogP contribution in [-0.4, -0.2) is 16.6 Å². The molecule has 1 aromatic carbocycles. The normalized spacial score (nSPS) is 12.8. The Morgan fingerprint density at radius 1 is 1.27 bits per heavy atom. The van der Waals surface area contributed by atoms with Crippen molar-refractivity contribution in [2.24, 2.45) is 0 Å². The fourth-order valence-electron chi connectivity index (χ4n) is 0.760. The van der Waals surface area contributed by atoms with Gasteiger partial charge in [-0.2, -0.15) is 0 Å². The van der Waals surface area contributed by atoms with Crippen molar-refractivity contribution in [2.75, 3.05) is 12.4 Å². The Bertz CT molecular complexity index is 235. The van der Waals surface area contributed by atoms with E-state index in [1.807, 2.05) is 6.07 Å². The lowest BCUT2D eigenvalue weighted by molar-refractivity contribution is 0.528. The van der Waals surface area contributed by atoms with E-state index < -0.39 is 17.5 Å². The van der Waals surface area contributed by atoms with Gasteiger partial charge in [0.1, 0.15) is 6.67 Å². The van der Waals surface area contributed by atoms with Crippen molar-refractivity contribution >= 4 is 10.8 Å². The molecule has 0 aliphatic carbocycles. The van der Waals surface area contributed by atoms with Crippen molar-refractivity contribution in [1.29, 1.82) is 0 Å². The number of alkyl halides is 1. The number of hydrogen-bond donors (Lipinski definition) is 0. The summed E-state index contributed by atoms with van der Waals surface area (Å²) in [4.78, 5) is 0.699. The van der Waals surface area contributed by atoms with Gasteiger partial charge in [0.05, 0.1) is 16.6 Å². The molecule has 1 atom stereocenters. The van der Waals surface area contributed by atoms with E-state index in [2.05, 4.69) is 0 Å². The van der Waals surface area contributed by atoms with E-state index in [4.69, 9.17) is 0 Å². The molecular formula is C8H9FOS. The first-order valence-electron chi connectivity index (χ1n) is 3.34. The molecule has 0 amide bonds. The Kier molecular flexibility index (Phi) is 3.23. The Hall–Kier alpha value is -0.700. The first-order chi connectivity index (χ1) is 5.34. The van der Waals surface area contributed by atoms with Gasteiger partial charge in [0.15, 0.2) is 0 Å². The minimum atomic E-state index is -1.16. The van der Waals surface area contributed by atoms with E-state index in [1.165, 1.54) is 0 Å². The molecule has 1 aromatic rings. The zero-order valence-electron chi connectivity index (χ0n) is 6.00. The maximum atomic E-state index is 11.7. The molecule has 0 bridgehead atoms. The Morgan fingerprint density at radius 2 is 1.91 bits per heavy atom. The zero-order valence-corrected chi connectivity index (χ0v) is 6.81. The number of rotatable bonds is 3. The lowest BCUT2D eigenvalue weighted by Crippen LogP contribution is -1.98. The summed E-state index contributed by atoms with van der Waals surface area (Å²) >= 11 is 0. The van der Waals surface area contributed by atoms with Crippen molar-refractivity contribution in [3.63, 3.8) is 0 Å². The molecule has 0 fully saturated rings. The number of benzene rings is 1. The summed E-state index contributed by atoms with van der Waals surface area (Å²) in [6.07, 6.45) is 0. The summed E-state index contributed by atoms with van der Waals surface area (Å²) < 4.78 is 22.9. The van der Waals surface area contributed by atoms with Gasteiger partial charge < -0.3 is 0 Å². The highest BCUT2D eigenvalue weighted by Gasteiger charge is 2.00. The summed E-state index contributed by atoms with van der Waals surface area (Å²) in [6, 6.07) is 8.92. The topological polar surface area (TPSA) is 17.1 Å². The van der Waals surface area contributed by atoms with Gasteiger partial charge in [0, 0.05) is 4.90 Å². The van der Waals surface area contributed by atoms with Gasteiger partial charge in [-0.1, -0.05) is 18.2 Å². The summed E-state index contributed by atoms with van der Waals surface area (Å²) in [5, 5.41) is 0. The fraction of sp³-hybridized carbons (Fsp3) is 0.250. The standard InChI is InChI=1S/C8H9FOS/c9-6-7-11(10)8-4-2-1-3-5-8/h1-5H,6-7H2.